The van der Waals surface area contributed by atoms with Crippen LogP contribution in [0.25, 0.3) is 5.57 Å². The fraction of sp³-hybridized carbons (Fsp3) is 0.222. The molecule has 14 heteroatoms. The molecule has 3 N–H and O–H groups in total. The van der Waals surface area contributed by atoms with Gasteiger partial charge in [0.15, 0.2) is 10.8 Å². The average Bonchev–Trinajstić information content (AvgIpc) is 3.42. The molecule has 2 aliphatic heterocycles. The summed E-state index contributed by atoms with van der Waals surface area (Å²) in [5.41, 5.74) is 6.14. The number of hydrogen-bond acceptors (Lipinski definition) is 11. The Hall–Kier alpha value is -2.84. The Morgan fingerprint density at radius 1 is 1.41 bits per heavy atom. The minimum atomic E-state index is -1.51. The first-order chi connectivity index (χ1) is 14.9. The first-order valence-electron chi connectivity index (χ1n) is 8.98. The van der Waals surface area contributed by atoms with E-state index in [-0.39, 0.29) is 64.9 Å². The summed E-state index contributed by atoms with van der Waals surface area (Å²) in [5.74, 6) is -2.84. The van der Waals surface area contributed by atoms with Crippen molar-refractivity contribution in [3.63, 3.8) is 0 Å². The molecule has 0 aliphatic carbocycles. The van der Waals surface area contributed by atoms with Gasteiger partial charge in [-0.15, -0.1) is 11.3 Å². The molecule has 2 amide bonds. The van der Waals surface area contributed by atoms with Gasteiger partial charge in [0, 0.05) is 30.2 Å². The molecule has 1 atom stereocenters. The van der Waals surface area contributed by atoms with E-state index in [2.05, 4.69) is 20.4 Å². The van der Waals surface area contributed by atoms with E-state index < -0.39 is 23.8 Å². The van der Waals surface area contributed by atoms with Gasteiger partial charge in [0.25, 0.3) is 11.8 Å². The number of pyridine rings is 1. The summed E-state index contributed by atoms with van der Waals surface area (Å²) in [7, 11) is 1.27. The molecular weight excluding hydrogens is 449 g/mol. The summed E-state index contributed by atoms with van der Waals surface area (Å²) in [6.07, 6.45) is 1.53. The smallest absolute Gasteiger partial charge is 0.543 e. The SMILES string of the molecule is CO/N=C(\C(=O)N[C@@H]1CN2CC(c3ccccn3)=C(C(=O)[O-])N2C1=O)c1csc(N)n1.[Na+]. The van der Waals surface area contributed by atoms with Gasteiger partial charge in [-0.05, 0) is 12.1 Å². The summed E-state index contributed by atoms with van der Waals surface area (Å²) in [6, 6.07) is 4.06. The van der Waals surface area contributed by atoms with E-state index in [1.807, 2.05) is 0 Å². The molecule has 4 heterocycles. The van der Waals surface area contributed by atoms with E-state index in [0.29, 0.717) is 11.3 Å². The number of aromatic nitrogens is 2. The van der Waals surface area contributed by atoms with Crippen LogP contribution >= 0.6 is 11.3 Å². The number of fused-ring (bicyclic) bond motifs is 1. The van der Waals surface area contributed by atoms with E-state index >= 15 is 0 Å². The van der Waals surface area contributed by atoms with E-state index in [4.69, 9.17) is 10.6 Å². The summed E-state index contributed by atoms with van der Waals surface area (Å²) < 4.78 is 0. The number of rotatable bonds is 6. The molecule has 0 bridgehead atoms. The number of oxime groups is 1. The normalized spacial score (nSPS) is 18.4. The molecule has 32 heavy (non-hydrogen) atoms. The van der Waals surface area contributed by atoms with Gasteiger partial charge in [0.2, 0.25) is 0 Å². The molecule has 160 valence electrons. The minimum Gasteiger partial charge on any atom is -0.543 e. The largest absolute Gasteiger partial charge is 1.00 e. The molecule has 0 aromatic carbocycles. The Labute approximate surface area is 208 Å². The van der Waals surface area contributed by atoms with Crippen LogP contribution in [0, 0.1) is 0 Å². The van der Waals surface area contributed by atoms with E-state index in [1.165, 1.54) is 23.7 Å². The first-order valence-corrected chi connectivity index (χ1v) is 9.86. The number of hydrazine groups is 1. The summed E-state index contributed by atoms with van der Waals surface area (Å²) in [4.78, 5) is 50.4. The molecule has 0 saturated carbocycles. The summed E-state index contributed by atoms with van der Waals surface area (Å²) >= 11 is 1.12. The molecule has 2 aromatic rings. The maximum Gasteiger partial charge on any atom is 1.00 e. The van der Waals surface area contributed by atoms with Crippen LogP contribution in [-0.4, -0.2) is 69.7 Å². The molecule has 1 fully saturated rings. The Morgan fingerprint density at radius 3 is 2.78 bits per heavy atom. The second-order valence-corrected chi connectivity index (χ2v) is 7.44. The van der Waals surface area contributed by atoms with Crippen molar-refractivity contribution in [1.82, 2.24) is 25.3 Å². The number of carbonyl (C=O) groups is 3. The third-order valence-corrected chi connectivity index (χ3v) is 5.33. The van der Waals surface area contributed by atoms with Crippen molar-refractivity contribution in [2.75, 3.05) is 25.9 Å². The van der Waals surface area contributed by atoms with Crippen molar-refractivity contribution >= 4 is 45.5 Å². The van der Waals surface area contributed by atoms with Gasteiger partial charge >= 0.3 is 29.6 Å². The number of anilines is 1. The Morgan fingerprint density at radius 2 is 2.19 bits per heavy atom. The van der Waals surface area contributed by atoms with Crippen LogP contribution in [0.3, 0.4) is 0 Å². The number of nitrogens with two attached hydrogens (primary N) is 1. The number of amides is 2. The van der Waals surface area contributed by atoms with Crippen LogP contribution in [0.15, 0.2) is 40.6 Å². The molecule has 12 nitrogen and oxygen atoms in total. The van der Waals surface area contributed by atoms with Crippen LogP contribution in [0.4, 0.5) is 5.13 Å². The second kappa shape index (κ2) is 9.75. The van der Waals surface area contributed by atoms with E-state index in [1.54, 1.807) is 18.2 Å². The average molecular weight is 465 g/mol. The number of nitrogen functional groups attached to an aromatic ring is 1. The van der Waals surface area contributed by atoms with Crippen molar-refractivity contribution in [2.24, 2.45) is 5.16 Å². The van der Waals surface area contributed by atoms with Crippen LogP contribution in [0.1, 0.15) is 11.4 Å². The number of hydrogen-bond donors (Lipinski definition) is 2. The Balaban J connectivity index is 0.00000289. The van der Waals surface area contributed by atoms with Crippen LogP contribution < -0.4 is 45.7 Å². The summed E-state index contributed by atoms with van der Waals surface area (Å²) in [5, 5.41) is 22.3. The molecule has 1 saturated heterocycles. The van der Waals surface area contributed by atoms with Gasteiger partial charge in [-0.1, -0.05) is 11.2 Å². The van der Waals surface area contributed by atoms with Gasteiger partial charge in [0.1, 0.15) is 18.8 Å². The number of carbonyl (C=O) groups excluding carboxylic acids is 3. The van der Waals surface area contributed by atoms with E-state index in [9.17, 15) is 19.5 Å². The van der Waals surface area contributed by atoms with Crippen molar-refractivity contribution in [2.45, 2.75) is 6.04 Å². The number of carboxylic acids is 1. The summed E-state index contributed by atoms with van der Waals surface area (Å²) in [6.45, 7) is 0.178. The zero-order valence-corrected chi connectivity index (χ0v) is 20.0. The van der Waals surface area contributed by atoms with Crippen molar-refractivity contribution < 1.29 is 53.9 Å². The van der Waals surface area contributed by atoms with Crippen molar-refractivity contribution in [1.29, 1.82) is 0 Å². The molecule has 0 spiro atoms. The van der Waals surface area contributed by atoms with Crippen LogP contribution in [0.5, 0.6) is 0 Å². The molecule has 2 aliphatic rings. The molecule has 2 aromatic heterocycles. The van der Waals surface area contributed by atoms with Gasteiger partial charge in [-0.3, -0.25) is 14.6 Å². The van der Waals surface area contributed by atoms with Gasteiger partial charge in [0.05, 0.1) is 17.4 Å². The van der Waals surface area contributed by atoms with Gasteiger partial charge < -0.3 is 25.8 Å². The number of nitrogens with one attached hydrogen (secondary N) is 1. The molecule has 0 unspecified atom stereocenters. The zero-order valence-electron chi connectivity index (χ0n) is 17.1. The fourth-order valence-corrected chi connectivity index (χ4v) is 3.96. The zero-order chi connectivity index (χ0) is 22.1. The van der Waals surface area contributed by atoms with Crippen molar-refractivity contribution in [3.05, 3.63) is 46.9 Å². The number of carboxylic acid groups (broad SMARTS) is 1. The number of thiazole rings is 1. The van der Waals surface area contributed by atoms with Crippen LogP contribution in [0.2, 0.25) is 0 Å². The second-order valence-electron chi connectivity index (χ2n) is 6.55. The Bertz CT molecular complexity index is 1120. The van der Waals surface area contributed by atoms with Crippen LogP contribution in [-0.2, 0) is 19.2 Å². The molecule has 0 radical (unpaired) electrons. The predicted molar refractivity (Wildman–Crippen MR) is 107 cm³/mol. The monoisotopic (exact) mass is 465 g/mol. The third kappa shape index (κ3) is 4.38. The quantitative estimate of drug-likeness (QED) is 0.242. The molecule has 4 rings (SSSR count). The Kier molecular flexibility index (Phi) is 7.26. The first kappa shape index (κ1) is 23.8. The van der Waals surface area contributed by atoms with Gasteiger partial charge in [-0.2, -0.15) is 0 Å². The topological polar surface area (TPSA) is 166 Å². The standard InChI is InChI=1S/C18H17N7O5S.Na/c1-30-23-13(12-8-31-18(19)22-12)15(26)21-11-7-24-6-9(10-4-2-3-5-20-10)14(17(28)29)25(24)16(11)27;/h2-5,8,11H,6-7H2,1H3,(H2,19,22)(H,21,26)(H,28,29);/q;+1/p-1/b23-13-;/t11-;/m1./s1. The predicted octanol–water partition coefficient (Wildman–Crippen LogP) is -4.81. The minimum absolute atomic E-state index is 0. The van der Waals surface area contributed by atoms with Gasteiger partial charge in [-0.25, -0.2) is 15.0 Å². The third-order valence-electron chi connectivity index (χ3n) is 4.66. The van der Waals surface area contributed by atoms with Crippen molar-refractivity contribution in [3.8, 4) is 0 Å². The van der Waals surface area contributed by atoms with E-state index in [0.717, 1.165) is 16.3 Å². The number of nitrogens with zero attached hydrogens (tertiary/aromatic N) is 5. The maximum atomic E-state index is 13.0. The maximum absolute atomic E-state index is 13.0. The fourth-order valence-electron chi connectivity index (χ4n) is 3.41. The number of aliphatic carboxylic acids is 1. The molecular formula is C18H16N7NaO5S.